The standard InChI is InChI=1S/C10H14ClN3O3S/c1-2-5-12-9(15)7-14-18(16,17)8-4-3-6-13-10(8)11/h3-4,6,14H,2,5,7H2,1H3,(H,12,15). The topological polar surface area (TPSA) is 88.2 Å². The fourth-order valence-corrected chi connectivity index (χ4v) is 2.57. The largest absolute Gasteiger partial charge is 0.355 e. The highest BCUT2D eigenvalue weighted by Crippen LogP contribution is 2.16. The summed E-state index contributed by atoms with van der Waals surface area (Å²) in [7, 11) is -3.82. The van der Waals surface area contributed by atoms with Gasteiger partial charge in [0.25, 0.3) is 0 Å². The van der Waals surface area contributed by atoms with Crippen LogP contribution in [0.3, 0.4) is 0 Å². The number of pyridine rings is 1. The summed E-state index contributed by atoms with van der Waals surface area (Å²) in [5, 5.41) is 2.43. The monoisotopic (exact) mass is 291 g/mol. The van der Waals surface area contributed by atoms with Crippen molar-refractivity contribution in [1.29, 1.82) is 0 Å². The van der Waals surface area contributed by atoms with E-state index in [1.54, 1.807) is 0 Å². The van der Waals surface area contributed by atoms with E-state index in [0.717, 1.165) is 6.42 Å². The molecule has 1 heterocycles. The van der Waals surface area contributed by atoms with Crippen molar-refractivity contribution in [3.8, 4) is 0 Å². The van der Waals surface area contributed by atoms with E-state index in [1.165, 1.54) is 18.3 Å². The lowest BCUT2D eigenvalue weighted by atomic mass is 10.5. The first-order valence-electron chi connectivity index (χ1n) is 5.34. The number of halogens is 1. The van der Waals surface area contributed by atoms with Gasteiger partial charge in [0.2, 0.25) is 15.9 Å². The fourth-order valence-electron chi connectivity index (χ4n) is 1.14. The van der Waals surface area contributed by atoms with Crippen LogP contribution in [0.2, 0.25) is 5.15 Å². The highest BCUT2D eigenvalue weighted by atomic mass is 35.5. The van der Waals surface area contributed by atoms with E-state index >= 15 is 0 Å². The SMILES string of the molecule is CCCNC(=O)CNS(=O)(=O)c1cccnc1Cl. The first kappa shape index (κ1) is 14.9. The van der Waals surface area contributed by atoms with Crippen LogP contribution >= 0.6 is 11.6 Å². The van der Waals surface area contributed by atoms with Crippen molar-refractivity contribution in [2.75, 3.05) is 13.1 Å². The van der Waals surface area contributed by atoms with Crippen molar-refractivity contribution in [2.24, 2.45) is 0 Å². The number of nitrogens with zero attached hydrogens (tertiary/aromatic N) is 1. The Morgan fingerprint density at radius 2 is 2.22 bits per heavy atom. The Kier molecular flexibility index (Phi) is 5.52. The fraction of sp³-hybridized carbons (Fsp3) is 0.400. The van der Waals surface area contributed by atoms with Gasteiger partial charge in [-0.3, -0.25) is 4.79 Å². The van der Waals surface area contributed by atoms with Gasteiger partial charge in [-0.1, -0.05) is 18.5 Å². The van der Waals surface area contributed by atoms with Gasteiger partial charge in [-0.05, 0) is 18.6 Å². The second kappa shape index (κ2) is 6.67. The molecule has 1 amide bonds. The van der Waals surface area contributed by atoms with Crippen LogP contribution < -0.4 is 10.0 Å². The maximum Gasteiger partial charge on any atom is 0.244 e. The Morgan fingerprint density at radius 1 is 1.50 bits per heavy atom. The molecule has 0 aromatic carbocycles. The molecule has 0 fully saturated rings. The van der Waals surface area contributed by atoms with Crippen LogP contribution in [0.5, 0.6) is 0 Å². The Hall–Kier alpha value is -1.18. The van der Waals surface area contributed by atoms with Crippen LogP contribution in [0.15, 0.2) is 23.2 Å². The molecule has 0 spiro atoms. The third-order valence-corrected chi connectivity index (χ3v) is 3.86. The molecule has 0 saturated heterocycles. The molecule has 0 aliphatic rings. The lowest BCUT2D eigenvalue weighted by Gasteiger charge is -2.07. The van der Waals surface area contributed by atoms with Crippen molar-refractivity contribution < 1.29 is 13.2 Å². The lowest BCUT2D eigenvalue weighted by Crippen LogP contribution is -2.37. The zero-order chi connectivity index (χ0) is 13.6. The van der Waals surface area contributed by atoms with Gasteiger partial charge in [0.1, 0.15) is 10.0 Å². The highest BCUT2D eigenvalue weighted by molar-refractivity contribution is 7.89. The second-order valence-electron chi connectivity index (χ2n) is 3.47. The van der Waals surface area contributed by atoms with E-state index in [1.807, 2.05) is 6.92 Å². The molecule has 1 aromatic heterocycles. The number of hydrogen-bond acceptors (Lipinski definition) is 4. The van der Waals surface area contributed by atoms with E-state index in [2.05, 4.69) is 15.0 Å². The Labute approximate surface area is 111 Å². The molecule has 1 rings (SSSR count). The van der Waals surface area contributed by atoms with E-state index in [9.17, 15) is 13.2 Å². The zero-order valence-electron chi connectivity index (χ0n) is 9.81. The van der Waals surface area contributed by atoms with Crippen LogP contribution in [-0.2, 0) is 14.8 Å². The maximum atomic E-state index is 11.8. The van der Waals surface area contributed by atoms with Crippen molar-refractivity contribution in [3.05, 3.63) is 23.5 Å². The van der Waals surface area contributed by atoms with E-state index in [0.29, 0.717) is 6.54 Å². The minimum atomic E-state index is -3.82. The lowest BCUT2D eigenvalue weighted by molar-refractivity contribution is -0.119. The van der Waals surface area contributed by atoms with Gasteiger partial charge in [-0.2, -0.15) is 0 Å². The normalized spacial score (nSPS) is 11.2. The number of carbonyl (C=O) groups excluding carboxylic acids is 1. The van der Waals surface area contributed by atoms with Gasteiger partial charge in [-0.25, -0.2) is 18.1 Å². The van der Waals surface area contributed by atoms with E-state index in [4.69, 9.17) is 11.6 Å². The molecule has 8 heteroatoms. The van der Waals surface area contributed by atoms with Crippen molar-refractivity contribution in [1.82, 2.24) is 15.0 Å². The number of aromatic nitrogens is 1. The molecule has 2 N–H and O–H groups in total. The summed E-state index contributed by atoms with van der Waals surface area (Å²) in [5.41, 5.74) is 0. The molecule has 0 radical (unpaired) electrons. The third kappa shape index (κ3) is 4.25. The summed E-state index contributed by atoms with van der Waals surface area (Å²) >= 11 is 5.68. The van der Waals surface area contributed by atoms with Crippen LogP contribution in [0.4, 0.5) is 0 Å². The number of carbonyl (C=O) groups is 1. The number of hydrogen-bond donors (Lipinski definition) is 2. The minimum absolute atomic E-state index is 0.126. The number of amides is 1. The number of sulfonamides is 1. The molecule has 0 saturated carbocycles. The Bertz CT molecular complexity index is 519. The molecule has 6 nitrogen and oxygen atoms in total. The Morgan fingerprint density at radius 3 is 2.83 bits per heavy atom. The molecule has 0 aliphatic carbocycles. The molecular formula is C10H14ClN3O3S. The summed E-state index contributed by atoms with van der Waals surface area (Å²) in [6, 6.07) is 2.78. The van der Waals surface area contributed by atoms with Crippen LogP contribution in [0.1, 0.15) is 13.3 Å². The van der Waals surface area contributed by atoms with Crippen LogP contribution in [0.25, 0.3) is 0 Å². The van der Waals surface area contributed by atoms with Gasteiger partial charge >= 0.3 is 0 Å². The molecule has 18 heavy (non-hydrogen) atoms. The van der Waals surface area contributed by atoms with Crippen LogP contribution in [0, 0.1) is 0 Å². The Balaban J connectivity index is 2.67. The van der Waals surface area contributed by atoms with Crippen molar-refractivity contribution >= 4 is 27.5 Å². The van der Waals surface area contributed by atoms with Gasteiger partial charge in [-0.15, -0.1) is 0 Å². The molecule has 1 aromatic rings. The zero-order valence-corrected chi connectivity index (χ0v) is 11.4. The van der Waals surface area contributed by atoms with E-state index < -0.39 is 10.0 Å². The van der Waals surface area contributed by atoms with Gasteiger partial charge in [0, 0.05) is 12.7 Å². The smallest absolute Gasteiger partial charge is 0.244 e. The third-order valence-electron chi connectivity index (χ3n) is 2.01. The summed E-state index contributed by atoms with van der Waals surface area (Å²) in [6.45, 7) is 2.08. The number of rotatable bonds is 6. The predicted molar refractivity (Wildman–Crippen MR) is 67.7 cm³/mol. The summed E-state index contributed by atoms with van der Waals surface area (Å²) in [4.78, 5) is 14.8. The molecular weight excluding hydrogens is 278 g/mol. The van der Waals surface area contributed by atoms with E-state index in [-0.39, 0.29) is 22.5 Å². The molecule has 0 atom stereocenters. The maximum absolute atomic E-state index is 11.8. The molecule has 100 valence electrons. The average Bonchev–Trinajstić information content (AvgIpc) is 2.34. The van der Waals surface area contributed by atoms with Gasteiger partial charge in [0.05, 0.1) is 6.54 Å². The molecule has 0 bridgehead atoms. The summed E-state index contributed by atoms with van der Waals surface area (Å²) < 4.78 is 25.8. The summed E-state index contributed by atoms with van der Waals surface area (Å²) in [5.74, 6) is -0.388. The second-order valence-corrected chi connectivity index (χ2v) is 5.56. The van der Waals surface area contributed by atoms with Crippen LogP contribution in [-0.4, -0.2) is 32.4 Å². The quantitative estimate of drug-likeness (QED) is 0.749. The number of nitrogens with one attached hydrogen (secondary N) is 2. The minimum Gasteiger partial charge on any atom is -0.355 e. The first-order valence-corrected chi connectivity index (χ1v) is 7.20. The van der Waals surface area contributed by atoms with Gasteiger partial charge in [0.15, 0.2) is 0 Å². The first-order chi connectivity index (χ1) is 8.47. The van der Waals surface area contributed by atoms with Crippen molar-refractivity contribution in [2.45, 2.75) is 18.2 Å². The average molecular weight is 292 g/mol. The van der Waals surface area contributed by atoms with Crippen molar-refractivity contribution in [3.63, 3.8) is 0 Å². The molecule has 0 aliphatic heterocycles. The highest BCUT2D eigenvalue weighted by Gasteiger charge is 2.18. The predicted octanol–water partition coefficient (Wildman–Crippen LogP) is 0.540. The summed E-state index contributed by atoms with van der Waals surface area (Å²) in [6.07, 6.45) is 2.17. The van der Waals surface area contributed by atoms with Gasteiger partial charge < -0.3 is 5.32 Å². The molecule has 0 unspecified atom stereocenters.